The maximum absolute atomic E-state index is 12.8. The first kappa shape index (κ1) is 26.5. The predicted molar refractivity (Wildman–Crippen MR) is 123 cm³/mol. The molecule has 0 aliphatic rings. The number of carbonyl (C=O) groups excluding carboxylic acids is 2. The van der Waals surface area contributed by atoms with Gasteiger partial charge in [-0.05, 0) is 31.4 Å². The van der Waals surface area contributed by atoms with Gasteiger partial charge in [-0.25, -0.2) is 0 Å². The van der Waals surface area contributed by atoms with E-state index >= 15 is 0 Å². The van der Waals surface area contributed by atoms with E-state index in [9.17, 15) is 9.59 Å². The quantitative estimate of drug-likeness (QED) is 0.116. The van der Waals surface area contributed by atoms with Crippen LogP contribution < -0.4 is 4.74 Å². The number of esters is 2. The van der Waals surface area contributed by atoms with Gasteiger partial charge in [0.2, 0.25) is 0 Å². The highest BCUT2D eigenvalue weighted by atomic mass is 35.5. The van der Waals surface area contributed by atoms with Gasteiger partial charge in [-0.1, -0.05) is 102 Å². The van der Waals surface area contributed by atoms with E-state index in [-0.39, 0.29) is 5.75 Å². The molecule has 0 unspecified atom stereocenters. The first-order valence-electron chi connectivity index (χ1n) is 11.7. The lowest BCUT2D eigenvalue weighted by Crippen LogP contribution is -2.42. The van der Waals surface area contributed by atoms with Crippen molar-refractivity contribution in [2.75, 3.05) is 6.61 Å². The number of rotatable bonds is 16. The molecule has 170 valence electrons. The van der Waals surface area contributed by atoms with Gasteiger partial charge in [-0.15, -0.1) is 0 Å². The molecule has 0 N–H and O–H groups in total. The Kier molecular flexibility index (Phi) is 13.5. The van der Waals surface area contributed by atoms with Crippen LogP contribution in [0.3, 0.4) is 0 Å². The summed E-state index contributed by atoms with van der Waals surface area (Å²) in [4.78, 5) is 25.6. The molecular formula is C25H39ClO4. The number of para-hydroxylation sites is 1. The molecule has 4 nitrogen and oxygen atoms in total. The molecule has 0 aromatic heterocycles. The van der Waals surface area contributed by atoms with E-state index in [1.54, 1.807) is 38.1 Å². The van der Waals surface area contributed by atoms with E-state index in [0.29, 0.717) is 24.5 Å². The Balaban J connectivity index is 2.37. The fraction of sp³-hybridized carbons (Fsp3) is 0.680. The fourth-order valence-corrected chi connectivity index (χ4v) is 3.70. The molecule has 0 fully saturated rings. The summed E-state index contributed by atoms with van der Waals surface area (Å²) >= 11 is 6.08. The SMILES string of the molecule is CCCCCCCCCCCCOC(=O)C(CC)(CC)C(=O)Oc1ccccc1Cl. The number of hydrogen-bond donors (Lipinski definition) is 0. The molecule has 1 rings (SSSR count). The highest BCUT2D eigenvalue weighted by Gasteiger charge is 2.46. The molecule has 0 saturated carbocycles. The molecule has 0 bridgehead atoms. The maximum atomic E-state index is 12.8. The molecule has 0 saturated heterocycles. The molecule has 0 amide bonds. The third-order valence-electron chi connectivity index (χ3n) is 5.76. The van der Waals surface area contributed by atoms with Crippen LogP contribution in [0.1, 0.15) is 97.8 Å². The monoisotopic (exact) mass is 438 g/mol. The average Bonchev–Trinajstić information content (AvgIpc) is 2.75. The van der Waals surface area contributed by atoms with Crippen molar-refractivity contribution in [1.82, 2.24) is 0 Å². The number of ether oxygens (including phenoxy) is 2. The standard InChI is InChI=1S/C25H39ClO4/c1-4-7-8-9-10-11-12-13-14-17-20-29-23(27)25(5-2,6-3)24(28)30-22-19-16-15-18-21(22)26/h15-16,18-19H,4-14,17,20H2,1-3H3. The van der Waals surface area contributed by atoms with Gasteiger partial charge in [0.1, 0.15) is 5.75 Å². The van der Waals surface area contributed by atoms with E-state index < -0.39 is 17.4 Å². The molecule has 0 radical (unpaired) electrons. The van der Waals surface area contributed by atoms with Crippen molar-refractivity contribution in [3.63, 3.8) is 0 Å². The summed E-state index contributed by atoms with van der Waals surface area (Å²) in [5.41, 5.74) is -1.29. The lowest BCUT2D eigenvalue weighted by atomic mass is 9.82. The Bertz CT molecular complexity index is 625. The van der Waals surface area contributed by atoms with Gasteiger partial charge in [-0.3, -0.25) is 9.59 Å². The molecule has 30 heavy (non-hydrogen) atoms. The Labute approximate surface area is 187 Å². The van der Waals surface area contributed by atoms with E-state index in [0.717, 1.165) is 19.3 Å². The molecular weight excluding hydrogens is 400 g/mol. The summed E-state index contributed by atoms with van der Waals surface area (Å²) in [6, 6.07) is 6.75. The number of hydrogen-bond acceptors (Lipinski definition) is 4. The average molecular weight is 439 g/mol. The summed E-state index contributed by atoms with van der Waals surface area (Å²) in [5.74, 6) is -0.841. The first-order chi connectivity index (χ1) is 14.5. The Morgan fingerprint density at radius 1 is 0.800 bits per heavy atom. The van der Waals surface area contributed by atoms with E-state index in [1.807, 2.05) is 0 Å². The van der Waals surface area contributed by atoms with Gasteiger partial charge < -0.3 is 9.47 Å². The molecule has 1 aromatic carbocycles. The van der Waals surface area contributed by atoms with Crippen LogP contribution in [0.2, 0.25) is 5.02 Å². The summed E-state index contributed by atoms with van der Waals surface area (Å²) in [6.07, 6.45) is 12.8. The summed E-state index contributed by atoms with van der Waals surface area (Å²) in [5, 5.41) is 0.339. The van der Waals surface area contributed by atoms with Gasteiger partial charge in [0.25, 0.3) is 0 Å². The van der Waals surface area contributed by atoms with Gasteiger partial charge in [0.05, 0.1) is 11.6 Å². The van der Waals surface area contributed by atoms with Gasteiger partial charge in [0, 0.05) is 0 Å². The highest BCUT2D eigenvalue weighted by molar-refractivity contribution is 6.32. The Hall–Kier alpha value is -1.55. The van der Waals surface area contributed by atoms with Crippen LogP contribution in [0.15, 0.2) is 24.3 Å². The zero-order chi connectivity index (χ0) is 22.2. The predicted octanol–water partition coefficient (Wildman–Crippen LogP) is 7.52. The molecule has 0 aliphatic heterocycles. The van der Waals surface area contributed by atoms with Crippen LogP contribution in [0.5, 0.6) is 5.75 Å². The van der Waals surface area contributed by atoms with Crippen molar-refractivity contribution in [1.29, 1.82) is 0 Å². The third kappa shape index (κ3) is 8.67. The summed E-state index contributed by atoms with van der Waals surface area (Å²) in [6.45, 7) is 6.19. The minimum Gasteiger partial charge on any atom is -0.465 e. The Morgan fingerprint density at radius 2 is 1.33 bits per heavy atom. The van der Waals surface area contributed by atoms with Crippen LogP contribution in [-0.4, -0.2) is 18.5 Å². The molecule has 5 heteroatoms. The fourth-order valence-electron chi connectivity index (χ4n) is 3.53. The first-order valence-corrected chi connectivity index (χ1v) is 12.0. The second-order valence-corrected chi connectivity index (χ2v) is 8.33. The molecule has 0 aliphatic carbocycles. The molecule has 0 heterocycles. The van der Waals surface area contributed by atoms with E-state index in [2.05, 4.69) is 6.92 Å². The molecule has 1 aromatic rings. The van der Waals surface area contributed by atoms with Gasteiger partial charge in [0.15, 0.2) is 5.41 Å². The van der Waals surface area contributed by atoms with Crippen molar-refractivity contribution >= 4 is 23.5 Å². The maximum Gasteiger partial charge on any atom is 0.328 e. The number of carbonyl (C=O) groups is 2. The molecule has 0 spiro atoms. The number of benzene rings is 1. The van der Waals surface area contributed by atoms with Crippen LogP contribution in [0.4, 0.5) is 0 Å². The number of unbranched alkanes of at least 4 members (excludes halogenated alkanes) is 9. The van der Waals surface area contributed by atoms with Crippen molar-refractivity contribution in [3.05, 3.63) is 29.3 Å². The summed E-state index contributed by atoms with van der Waals surface area (Å²) in [7, 11) is 0. The van der Waals surface area contributed by atoms with Crippen molar-refractivity contribution in [2.45, 2.75) is 97.8 Å². The Morgan fingerprint density at radius 3 is 1.87 bits per heavy atom. The van der Waals surface area contributed by atoms with E-state index in [1.165, 1.54) is 44.9 Å². The summed E-state index contributed by atoms with van der Waals surface area (Å²) < 4.78 is 10.9. The number of halogens is 1. The second kappa shape index (κ2) is 15.3. The van der Waals surface area contributed by atoms with Gasteiger partial charge >= 0.3 is 11.9 Å². The highest BCUT2D eigenvalue weighted by Crippen LogP contribution is 2.33. The van der Waals surface area contributed by atoms with Crippen LogP contribution in [-0.2, 0) is 14.3 Å². The topological polar surface area (TPSA) is 52.6 Å². The van der Waals surface area contributed by atoms with E-state index in [4.69, 9.17) is 21.1 Å². The third-order valence-corrected chi connectivity index (χ3v) is 6.07. The van der Waals surface area contributed by atoms with Gasteiger partial charge in [-0.2, -0.15) is 0 Å². The van der Waals surface area contributed by atoms with Crippen LogP contribution >= 0.6 is 11.6 Å². The van der Waals surface area contributed by atoms with Crippen molar-refractivity contribution in [2.24, 2.45) is 5.41 Å². The second-order valence-electron chi connectivity index (χ2n) is 7.93. The minimum absolute atomic E-state index is 0.262. The zero-order valence-corrected chi connectivity index (χ0v) is 19.8. The van der Waals surface area contributed by atoms with Crippen LogP contribution in [0.25, 0.3) is 0 Å². The smallest absolute Gasteiger partial charge is 0.328 e. The van der Waals surface area contributed by atoms with Crippen molar-refractivity contribution in [3.8, 4) is 5.75 Å². The lowest BCUT2D eigenvalue weighted by molar-refractivity contribution is -0.168. The lowest BCUT2D eigenvalue weighted by Gasteiger charge is -2.27. The molecule has 0 atom stereocenters. The zero-order valence-electron chi connectivity index (χ0n) is 19.0. The van der Waals surface area contributed by atoms with Crippen molar-refractivity contribution < 1.29 is 19.1 Å². The minimum atomic E-state index is -1.29. The van der Waals surface area contributed by atoms with Crippen LogP contribution in [0, 0.1) is 5.41 Å². The normalized spacial score (nSPS) is 11.3. The largest absolute Gasteiger partial charge is 0.465 e.